The zero-order valence-corrected chi connectivity index (χ0v) is 13.8. The lowest BCUT2D eigenvalue weighted by Crippen LogP contribution is -2.17. The van der Waals surface area contributed by atoms with Crippen molar-refractivity contribution >= 4 is 33.2 Å². The highest BCUT2D eigenvalue weighted by molar-refractivity contribution is 9.10. The first-order valence-electron chi connectivity index (χ1n) is 6.54. The molecule has 2 rings (SSSR count). The topological polar surface area (TPSA) is 29.3 Å². The van der Waals surface area contributed by atoms with Gasteiger partial charge in [-0.05, 0) is 64.3 Å². The largest absolute Gasteiger partial charge is 0.369 e. The van der Waals surface area contributed by atoms with E-state index < -0.39 is 0 Å². The van der Waals surface area contributed by atoms with Crippen LogP contribution < -0.4 is 10.6 Å². The molecule has 2 aromatic carbocycles. The van der Waals surface area contributed by atoms with Gasteiger partial charge in [0.05, 0.1) is 5.69 Å². The first kappa shape index (κ1) is 15.4. The number of nitrogens with zero attached hydrogens (tertiary/aromatic N) is 1. The summed E-state index contributed by atoms with van der Waals surface area (Å²) in [5.41, 5.74) is 9.24. The van der Waals surface area contributed by atoms with Gasteiger partial charge < -0.3 is 10.6 Å². The van der Waals surface area contributed by atoms with E-state index >= 15 is 0 Å². The molecule has 0 spiro atoms. The van der Waals surface area contributed by atoms with E-state index in [0.717, 1.165) is 22.5 Å². The summed E-state index contributed by atoms with van der Waals surface area (Å²) in [6.45, 7) is 1.51. The highest BCUT2D eigenvalue weighted by atomic mass is 79.9. The number of anilines is 1. The van der Waals surface area contributed by atoms with Gasteiger partial charge in [-0.25, -0.2) is 0 Å². The van der Waals surface area contributed by atoms with Crippen molar-refractivity contribution in [2.45, 2.75) is 13.0 Å². The molecule has 0 aliphatic rings. The normalized spacial score (nSPS) is 10.6. The molecular weight excluding hydrogens is 336 g/mol. The minimum atomic E-state index is 0.673. The van der Waals surface area contributed by atoms with Crippen LogP contribution in [0.2, 0.25) is 5.02 Å². The van der Waals surface area contributed by atoms with Crippen molar-refractivity contribution in [3.05, 3.63) is 63.1 Å². The third kappa shape index (κ3) is 3.98. The van der Waals surface area contributed by atoms with Crippen LogP contribution in [0.3, 0.4) is 0 Å². The molecular formula is C16H18BrClN2. The van der Waals surface area contributed by atoms with Crippen LogP contribution in [0.1, 0.15) is 11.1 Å². The Labute approximate surface area is 133 Å². The molecule has 0 heterocycles. The van der Waals surface area contributed by atoms with Crippen LogP contribution in [0.15, 0.2) is 46.9 Å². The van der Waals surface area contributed by atoms with E-state index in [-0.39, 0.29) is 0 Å². The summed E-state index contributed by atoms with van der Waals surface area (Å²) in [4.78, 5) is 2.21. The molecule has 20 heavy (non-hydrogen) atoms. The van der Waals surface area contributed by atoms with E-state index in [4.69, 9.17) is 17.3 Å². The lowest BCUT2D eigenvalue weighted by Gasteiger charge is -2.21. The van der Waals surface area contributed by atoms with Gasteiger partial charge in [-0.1, -0.05) is 29.8 Å². The fourth-order valence-electron chi connectivity index (χ4n) is 2.13. The van der Waals surface area contributed by atoms with E-state index in [1.165, 1.54) is 16.8 Å². The van der Waals surface area contributed by atoms with Crippen molar-refractivity contribution in [2.75, 3.05) is 18.5 Å². The molecule has 2 N–H and O–H groups in total. The van der Waals surface area contributed by atoms with E-state index in [0.29, 0.717) is 6.54 Å². The van der Waals surface area contributed by atoms with Gasteiger partial charge in [-0.15, -0.1) is 0 Å². The molecule has 0 fully saturated rings. The van der Waals surface area contributed by atoms with Crippen LogP contribution in [0, 0.1) is 0 Å². The minimum absolute atomic E-state index is 0.673. The SMILES string of the molecule is CN(Cc1ccc(Cl)cc1)c1ccc(CCN)cc1Br. The molecule has 0 saturated carbocycles. The summed E-state index contributed by atoms with van der Waals surface area (Å²) in [7, 11) is 2.08. The molecule has 4 heteroatoms. The zero-order valence-electron chi connectivity index (χ0n) is 11.4. The van der Waals surface area contributed by atoms with Gasteiger partial charge in [0.2, 0.25) is 0 Å². The molecule has 0 atom stereocenters. The summed E-state index contributed by atoms with van der Waals surface area (Å²) in [5, 5.41) is 0.767. The Morgan fingerprint density at radius 2 is 1.75 bits per heavy atom. The number of rotatable bonds is 5. The Kier molecular flexibility index (Phi) is 5.46. The first-order valence-corrected chi connectivity index (χ1v) is 7.71. The standard InChI is InChI=1S/C16H18BrClN2/c1-20(11-13-2-5-14(18)6-3-13)16-7-4-12(8-9-19)10-15(16)17/h2-7,10H,8-9,11,19H2,1H3. The molecule has 0 unspecified atom stereocenters. The van der Waals surface area contributed by atoms with E-state index in [9.17, 15) is 0 Å². The average Bonchev–Trinajstić information content (AvgIpc) is 2.42. The molecule has 0 aliphatic carbocycles. The van der Waals surface area contributed by atoms with Crippen LogP contribution in [-0.2, 0) is 13.0 Å². The number of benzene rings is 2. The average molecular weight is 354 g/mol. The van der Waals surface area contributed by atoms with Crippen molar-refractivity contribution in [1.29, 1.82) is 0 Å². The van der Waals surface area contributed by atoms with Gasteiger partial charge in [-0.3, -0.25) is 0 Å². The van der Waals surface area contributed by atoms with Crippen molar-refractivity contribution in [2.24, 2.45) is 5.73 Å². The summed E-state index contributed by atoms with van der Waals surface area (Å²) < 4.78 is 1.10. The maximum atomic E-state index is 5.91. The molecule has 2 nitrogen and oxygen atoms in total. The van der Waals surface area contributed by atoms with Gasteiger partial charge in [0.15, 0.2) is 0 Å². The Morgan fingerprint density at radius 1 is 1.10 bits per heavy atom. The van der Waals surface area contributed by atoms with Crippen molar-refractivity contribution < 1.29 is 0 Å². The van der Waals surface area contributed by atoms with Gasteiger partial charge in [0.25, 0.3) is 0 Å². The maximum absolute atomic E-state index is 5.91. The van der Waals surface area contributed by atoms with Crippen LogP contribution >= 0.6 is 27.5 Å². The summed E-state index contributed by atoms with van der Waals surface area (Å²) in [5.74, 6) is 0. The lowest BCUT2D eigenvalue weighted by molar-refractivity contribution is 0.915. The predicted molar refractivity (Wildman–Crippen MR) is 90.5 cm³/mol. The van der Waals surface area contributed by atoms with Crippen LogP contribution in [0.4, 0.5) is 5.69 Å². The first-order chi connectivity index (χ1) is 9.60. The van der Waals surface area contributed by atoms with Crippen LogP contribution in [0.25, 0.3) is 0 Å². The second kappa shape index (κ2) is 7.11. The Hall–Kier alpha value is -1.03. The molecule has 0 bridgehead atoms. The molecule has 0 amide bonds. The lowest BCUT2D eigenvalue weighted by atomic mass is 10.1. The second-order valence-corrected chi connectivity index (χ2v) is 6.10. The number of hydrogen-bond donors (Lipinski definition) is 1. The predicted octanol–water partition coefficient (Wildman–Crippen LogP) is 4.24. The number of hydrogen-bond acceptors (Lipinski definition) is 2. The molecule has 0 aliphatic heterocycles. The Morgan fingerprint density at radius 3 is 2.35 bits per heavy atom. The highest BCUT2D eigenvalue weighted by Crippen LogP contribution is 2.28. The number of halogens is 2. The Balaban J connectivity index is 2.12. The quantitative estimate of drug-likeness (QED) is 0.871. The van der Waals surface area contributed by atoms with Crippen LogP contribution in [0.5, 0.6) is 0 Å². The van der Waals surface area contributed by atoms with Gasteiger partial charge in [0.1, 0.15) is 0 Å². The fourth-order valence-corrected chi connectivity index (χ4v) is 2.99. The van der Waals surface area contributed by atoms with Crippen molar-refractivity contribution in [3.63, 3.8) is 0 Å². The third-order valence-corrected chi connectivity index (χ3v) is 4.08. The second-order valence-electron chi connectivity index (χ2n) is 4.81. The molecule has 2 aromatic rings. The van der Waals surface area contributed by atoms with Crippen molar-refractivity contribution in [1.82, 2.24) is 0 Å². The smallest absolute Gasteiger partial charge is 0.0511 e. The molecule has 106 valence electrons. The summed E-state index contributed by atoms with van der Waals surface area (Å²) in [6.07, 6.45) is 0.903. The van der Waals surface area contributed by atoms with E-state index in [1.807, 2.05) is 12.1 Å². The molecule has 0 radical (unpaired) electrons. The van der Waals surface area contributed by atoms with Gasteiger partial charge in [-0.2, -0.15) is 0 Å². The van der Waals surface area contributed by atoms with Crippen LogP contribution in [-0.4, -0.2) is 13.6 Å². The summed E-state index contributed by atoms with van der Waals surface area (Å²) >= 11 is 9.55. The monoisotopic (exact) mass is 352 g/mol. The molecule has 0 saturated heterocycles. The summed E-state index contributed by atoms with van der Waals surface area (Å²) in [6, 6.07) is 14.3. The Bertz CT molecular complexity index is 569. The third-order valence-electron chi connectivity index (χ3n) is 3.19. The fraction of sp³-hybridized carbons (Fsp3) is 0.250. The zero-order chi connectivity index (χ0) is 14.5. The molecule has 0 aromatic heterocycles. The van der Waals surface area contributed by atoms with Gasteiger partial charge in [0, 0.05) is 23.1 Å². The maximum Gasteiger partial charge on any atom is 0.0511 e. The highest BCUT2D eigenvalue weighted by Gasteiger charge is 2.07. The van der Waals surface area contributed by atoms with E-state index in [1.54, 1.807) is 0 Å². The van der Waals surface area contributed by atoms with Gasteiger partial charge >= 0.3 is 0 Å². The van der Waals surface area contributed by atoms with Crippen molar-refractivity contribution in [3.8, 4) is 0 Å². The number of nitrogens with two attached hydrogens (primary N) is 1. The minimum Gasteiger partial charge on any atom is -0.369 e. The van der Waals surface area contributed by atoms with E-state index in [2.05, 4.69) is 58.2 Å².